The molecule has 0 bridgehead atoms. The zero-order chi connectivity index (χ0) is 13.6. The molecule has 0 aromatic rings. The first-order valence-corrected chi connectivity index (χ1v) is 7.64. The summed E-state index contributed by atoms with van der Waals surface area (Å²) in [5, 5.41) is 3.73. The lowest BCUT2D eigenvalue weighted by molar-refractivity contribution is 0.0888. The summed E-state index contributed by atoms with van der Waals surface area (Å²) in [4.78, 5) is 0. The molecule has 104 valence electrons. The number of nitrogens with one attached hydrogen (secondary N) is 1. The van der Waals surface area contributed by atoms with Gasteiger partial charge in [-0.3, -0.25) is 0 Å². The Morgan fingerprint density at radius 2 is 2.00 bits per heavy atom. The standard InChI is InChI=1S/C17H31N/c1-6-8-9-12-17(4,5)15-11-10-14(3)13-16(15)18-7-2/h14-16,18H,7,9-13H2,1-5H3. The van der Waals surface area contributed by atoms with Gasteiger partial charge in [0.2, 0.25) is 0 Å². The Morgan fingerprint density at radius 3 is 2.61 bits per heavy atom. The van der Waals surface area contributed by atoms with Crippen LogP contribution >= 0.6 is 0 Å². The van der Waals surface area contributed by atoms with E-state index >= 15 is 0 Å². The molecule has 0 aliphatic heterocycles. The van der Waals surface area contributed by atoms with Crippen LogP contribution < -0.4 is 5.32 Å². The largest absolute Gasteiger partial charge is 0.314 e. The summed E-state index contributed by atoms with van der Waals surface area (Å²) in [5.41, 5.74) is 0.414. The molecule has 1 fully saturated rings. The molecule has 0 heterocycles. The maximum atomic E-state index is 3.73. The summed E-state index contributed by atoms with van der Waals surface area (Å²) in [6.07, 6.45) is 6.41. The van der Waals surface area contributed by atoms with Gasteiger partial charge in [-0.05, 0) is 50.0 Å². The van der Waals surface area contributed by atoms with Gasteiger partial charge < -0.3 is 5.32 Å². The fourth-order valence-corrected chi connectivity index (χ4v) is 3.50. The second-order valence-electron chi connectivity index (χ2n) is 6.60. The Kier molecular flexibility index (Phi) is 6.22. The van der Waals surface area contributed by atoms with Gasteiger partial charge in [0.1, 0.15) is 0 Å². The quantitative estimate of drug-likeness (QED) is 0.719. The van der Waals surface area contributed by atoms with Crippen molar-refractivity contribution in [3.8, 4) is 11.8 Å². The summed E-state index contributed by atoms with van der Waals surface area (Å²) >= 11 is 0. The molecule has 3 atom stereocenters. The van der Waals surface area contributed by atoms with Crippen LogP contribution in [0, 0.1) is 29.1 Å². The minimum atomic E-state index is 0.414. The highest BCUT2D eigenvalue weighted by molar-refractivity contribution is 4.98. The lowest BCUT2D eigenvalue weighted by atomic mass is 9.64. The van der Waals surface area contributed by atoms with Crippen LogP contribution in [-0.4, -0.2) is 12.6 Å². The third kappa shape index (κ3) is 4.32. The molecule has 0 aromatic heterocycles. The minimum Gasteiger partial charge on any atom is -0.314 e. The zero-order valence-electron chi connectivity index (χ0n) is 13.0. The van der Waals surface area contributed by atoms with Crippen LogP contribution in [-0.2, 0) is 0 Å². The third-order valence-corrected chi connectivity index (χ3v) is 4.65. The topological polar surface area (TPSA) is 12.0 Å². The Hall–Kier alpha value is -0.480. The van der Waals surface area contributed by atoms with Crippen molar-refractivity contribution >= 4 is 0 Å². The Balaban J connectivity index is 2.66. The zero-order valence-corrected chi connectivity index (χ0v) is 13.0. The fourth-order valence-electron chi connectivity index (χ4n) is 3.50. The van der Waals surface area contributed by atoms with Crippen LogP contribution in [0.1, 0.15) is 66.7 Å². The third-order valence-electron chi connectivity index (χ3n) is 4.65. The summed E-state index contributed by atoms with van der Waals surface area (Å²) in [7, 11) is 0. The van der Waals surface area contributed by atoms with Crippen molar-refractivity contribution in [2.75, 3.05) is 6.54 Å². The highest BCUT2D eigenvalue weighted by Gasteiger charge is 2.37. The van der Waals surface area contributed by atoms with Crippen LogP contribution in [0.4, 0.5) is 0 Å². The van der Waals surface area contributed by atoms with Gasteiger partial charge >= 0.3 is 0 Å². The number of hydrogen-bond donors (Lipinski definition) is 1. The van der Waals surface area contributed by atoms with Gasteiger partial charge in [0.05, 0.1) is 0 Å². The monoisotopic (exact) mass is 249 g/mol. The SMILES string of the molecule is CC#CCCC(C)(C)C1CCC(C)CC1NCC. The first-order valence-electron chi connectivity index (χ1n) is 7.64. The summed E-state index contributed by atoms with van der Waals surface area (Å²) in [6.45, 7) is 12.5. The number of rotatable bonds is 5. The molecule has 0 saturated heterocycles. The van der Waals surface area contributed by atoms with Gasteiger partial charge in [-0.15, -0.1) is 11.8 Å². The van der Waals surface area contributed by atoms with E-state index < -0.39 is 0 Å². The predicted molar refractivity (Wildman–Crippen MR) is 80.4 cm³/mol. The van der Waals surface area contributed by atoms with E-state index in [1.165, 1.54) is 25.7 Å². The van der Waals surface area contributed by atoms with Crippen molar-refractivity contribution in [1.29, 1.82) is 0 Å². The fraction of sp³-hybridized carbons (Fsp3) is 0.882. The van der Waals surface area contributed by atoms with E-state index in [0.29, 0.717) is 11.5 Å². The van der Waals surface area contributed by atoms with Crippen LogP contribution in [0.15, 0.2) is 0 Å². The van der Waals surface area contributed by atoms with Gasteiger partial charge in [0, 0.05) is 12.5 Å². The molecule has 0 amide bonds. The molecular weight excluding hydrogens is 218 g/mol. The molecule has 1 rings (SSSR count). The molecule has 1 N–H and O–H groups in total. The second kappa shape index (κ2) is 7.19. The van der Waals surface area contributed by atoms with Gasteiger partial charge in [-0.2, -0.15) is 0 Å². The molecule has 1 heteroatoms. The molecule has 1 nitrogen and oxygen atoms in total. The lowest BCUT2D eigenvalue weighted by Gasteiger charge is -2.44. The van der Waals surface area contributed by atoms with E-state index in [0.717, 1.165) is 24.8 Å². The van der Waals surface area contributed by atoms with Crippen molar-refractivity contribution in [3.63, 3.8) is 0 Å². The smallest absolute Gasteiger partial charge is 0.0103 e. The highest BCUT2D eigenvalue weighted by atomic mass is 14.9. The maximum absolute atomic E-state index is 3.73. The normalized spacial score (nSPS) is 28.6. The van der Waals surface area contributed by atoms with Crippen molar-refractivity contribution < 1.29 is 0 Å². The van der Waals surface area contributed by atoms with E-state index in [9.17, 15) is 0 Å². The van der Waals surface area contributed by atoms with E-state index in [2.05, 4.69) is 44.9 Å². The van der Waals surface area contributed by atoms with Crippen molar-refractivity contribution in [2.24, 2.45) is 17.3 Å². The Morgan fingerprint density at radius 1 is 1.28 bits per heavy atom. The van der Waals surface area contributed by atoms with E-state index in [-0.39, 0.29) is 0 Å². The van der Waals surface area contributed by atoms with Crippen molar-refractivity contribution in [1.82, 2.24) is 5.32 Å². The molecule has 18 heavy (non-hydrogen) atoms. The maximum Gasteiger partial charge on any atom is 0.0103 e. The summed E-state index contributed by atoms with van der Waals surface area (Å²) in [6, 6.07) is 0.711. The predicted octanol–water partition coefficient (Wildman–Crippen LogP) is 4.23. The molecule has 1 aliphatic rings. The molecule has 1 aliphatic carbocycles. The summed E-state index contributed by atoms with van der Waals surface area (Å²) in [5.74, 6) is 7.95. The van der Waals surface area contributed by atoms with E-state index in [4.69, 9.17) is 0 Å². The highest BCUT2D eigenvalue weighted by Crippen LogP contribution is 2.42. The average molecular weight is 249 g/mol. The van der Waals surface area contributed by atoms with Gasteiger partial charge in [0.15, 0.2) is 0 Å². The van der Waals surface area contributed by atoms with Crippen LogP contribution in [0.25, 0.3) is 0 Å². The van der Waals surface area contributed by atoms with E-state index in [1.54, 1.807) is 0 Å². The lowest BCUT2D eigenvalue weighted by Crippen LogP contribution is -2.46. The molecule has 1 saturated carbocycles. The number of hydrogen-bond acceptors (Lipinski definition) is 1. The average Bonchev–Trinajstić information content (AvgIpc) is 2.29. The Bertz CT molecular complexity index is 294. The van der Waals surface area contributed by atoms with Gasteiger partial charge in [-0.1, -0.05) is 34.1 Å². The Labute approximate surface area is 114 Å². The van der Waals surface area contributed by atoms with Crippen molar-refractivity contribution in [2.45, 2.75) is 72.8 Å². The first kappa shape index (κ1) is 15.6. The van der Waals surface area contributed by atoms with Crippen LogP contribution in [0.5, 0.6) is 0 Å². The van der Waals surface area contributed by atoms with E-state index in [1.807, 2.05) is 6.92 Å². The molecule has 0 aromatic carbocycles. The van der Waals surface area contributed by atoms with Crippen molar-refractivity contribution in [3.05, 3.63) is 0 Å². The summed E-state index contributed by atoms with van der Waals surface area (Å²) < 4.78 is 0. The molecule has 0 spiro atoms. The minimum absolute atomic E-state index is 0.414. The van der Waals surface area contributed by atoms with Gasteiger partial charge in [0.25, 0.3) is 0 Å². The first-order chi connectivity index (χ1) is 8.51. The second-order valence-corrected chi connectivity index (χ2v) is 6.60. The molecule has 3 unspecified atom stereocenters. The van der Waals surface area contributed by atoms with Crippen LogP contribution in [0.2, 0.25) is 0 Å². The molecule has 0 radical (unpaired) electrons. The van der Waals surface area contributed by atoms with Crippen LogP contribution in [0.3, 0.4) is 0 Å². The molecular formula is C17H31N. The van der Waals surface area contributed by atoms with Gasteiger partial charge in [-0.25, -0.2) is 0 Å².